The summed E-state index contributed by atoms with van der Waals surface area (Å²) in [6.07, 6.45) is 1.69. The second-order valence-corrected chi connectivity index (χ2v) is 7.86. The molecule has 18 heavy (non-hydrogen) atoms. The number of aromatic nitrogens is 1. The van der Waals surface area contributed by atoms with Crippen LogP contribution < -0.4 is 5.32 Å². The molecule has 0 radical (unpaired) electrons. The third-order valence-corrected chi connectivity index (χ3v) is 5.97. The number of thiazole rings is 1. The standard InChI is InChI=1S/C12H20N2O2S2/c1-2-13-6-11(5-12-7-17-9-14-12)10-3-4-18(15,16)8-10/h7,9-11,13H,2-6,8H2,1H3. The molecule has 1 aromatic heterocycles. The lowest BCUT2D eigenvalue weighted by Gasteiger charge is -2.22. The maximum absolute atomic E-state index is 11.6. The first kappa shape index (κ1) is 14.0. The average Bonchev–Trinajstić information content (AvgIpc) is 2.93. The van der Waals surface area contributed by atoms with Gasteiger partial charge in [-0.25, -0.2) is 13.4 Å². The zero-order valence-corrected chi connectivity index (χ0v) is 12.3. The van der Waals surface area contributed by atoms with Gasteiger partial charge >= 0.3 is 0 Å². The smallest absolute Gasteiger partial charge is 0.150 e. The van der Waals surface area contributed by atoms with Gasteiger partial charge in [0, 0.05) is 5.38 Å². The van der Waals surface area contributed by atoms with Crippen molar-refractivity contribution in [1.82, 2.24) is 10.3 Å². The number of hydrogen-bond acceptors (Lipinski definition) is 5. The Morgan fingerprint density at radius 1 is 1.61 bits per heavy atom. The first-order valence-electron chi connectivity index (χ1n) is 6.39. The van der Waals surface area contributed by atoms with Gasteiger partial charge in [0.2, 0.25) is 0 Å². The van der Waals surface area contributed by atoms with Gasteiger partial charge in [-0.05, 0) is 37.8 Å². The molecular weight excluding hydrogens is 268 g/mol. The summed E-state index contributed by atoms with van der Waals surface area (Å²) in [7, 11) is -2.79. The molecule has 0 aliphatic carbocycles. The molecule has 2 unspecified atom stereocenters. The van der Waals surface area contributed by atoms with Crippen LogP contribution in [0.15, 0.2) is 10.9 Å². The molecule has 2 atom stereocenters. The van der Waals surface area contributed by atoms with E-state index in [-0.39, 0.29) is 5.92 Å². The topological polar surface area (TPSA) is 59.1 Å². The van der Waals surface area contributed by atoms with Gasteiger partial charge < -0.3 is 5.32 Å². The molecule has 2 rings (SSSR count). The number of hydrogen-bond donors (Lipinski definition) is 1. The van der Waals surface area contributed by atoms with E-state index < -0.39 is 9.84 Å². The van der Waals surface area contributed by atoms with E-state index in [0.29, 0.717) is 17.4 Å². The van der Waals surface area contributed by atoms with Crippen molar-refractivity contribution < 1.29 is 8.42 Å². The Kier molecular flexibility index (Phi) is 4.75. The van der Waals surface area contributed by atoms with Gasteiger partial charge in [-0.3, -0.25) is 0 Å². The van der Waals surface area contributed by atoms with E-state index in [1.54, 1.807) is 11.3 Å². The fourth-order valence-electron chi connectivity index (χ4n) is 2.54. The van der Waals surface area contributed by atoms with Crippen LogP contribution in [0.5, 0.6) is 0 Å². The second kappa shape index (κ2) is 6.12. The molecule has 2 heterocycles. The lowest BCUT2D eigenvalue weighted by molar-refractivity contribution is 0.344. The third-order valence-electron chi connectivity index (χ3n) is 3.55. The summed E-state index contributed by atoms with van der Waals surface area (Å²) in [5.74, 6) is 1.38. The Hall–Kier alpha value is -0.460. The molecule has 0 aromatic carbocycles. The van der Waals surface area contributed by atoms with Crippen molar-refractivity contribution in [3.05, 3.63) is 16.6 Å². The molecule has 1 fully saturated rings. The van der Waals surface area contributed by atoms with Gasteiger partial charge in [0.1, 0.15) is 0 Å². The van der Waals surface area contributed by atoms with Crippen molar-refractivity contribution in [2.24, 2.45) is 11.8 Å². The predicted molar refractivity (Wildman–Crippen MR) is 74.6 cm³/mol. The van der Waals surface area contributed by atoms with Gasteiger partial charge in [-0.1, -0.05) is 6.92 Å². The first-order valence-corrected chi connectivity index (χ1v) is 9.15. The van der Waals surface area contributed by atoms with Crippen LogP contribution >= 0.6 is 11.3 Å². The number of nitrogens with zero attached hydrogens (tertiary/aromatic N) is 1. The fourth-order valence-corrected chi connectivity index (χ4v) is 5.03. The minimum absolute atomic E-state index is 0.288. The molecule has 0 spiro atoms. The van der Waals surface area contributed by atoms with Gasteiger partial charge in [0.15, 0.2) is 9.84 Å². The predicted octanol–water partition coefficient (Wildman–Crippen LogP) is 1.35. The van der Waals surface area contributed by atoms with Crippen molar-refractivity contribution in [2.75, 3.05) is 24.6 Å². The quantitative estimate of drug-likeness (QED) is 0.858. The summed E-state index contributed by atoms with van der Waals surface area (Å²) in [5.41, 5.74) is 2.93. The molecule has 0 saturated carbocycles. The lowest BCUT2D eigenvalue weighted by Crippen LogP contribution is -2.30. The summed E-state index contributed by atoms with van der Waals surface area (Å²) < 4.78 is 23.2. The van der Waals surface area contributed by atoms with Crippen LogP contribution in [0.1, 0.15) is 19.0 Å². The lowest BCUT2D eigenvalue weighted by atomic mass is 9.88. The molecule has 1 saturated heterocycles. The van der Waals surface area contributed by atoms with Crippen LogP contribution in [0.2, 0.25) is 0 Å². The summed E-state index contributed by atoms with van der Waals surface area (Å²) in [6.45, 7) is 3.88. The number of nitrogens with one attached hydrogen (secondary N) is 1. The first-order chi connectivity index (χ1) is 8.61. The summed E-state index contributed by atoms with van der Waals surface area (Å²) in [6, 6.07) is 0. The highest BCUT2D eigenvalue weighted by molar-refractivity contribution is 7.91. The largest absolute Gasteiger partial charge is 0.317 e. The minimum atomic E-state index is -2.79. The zero-order chi connectivity index (χ0) is 13.0. The molecule has 1 aliphatic heterocycles. The minimum Gasteiger partial charge on any atom is -0.317 e. The normalized spacial score (nSPS) is 24.2. The highest BCUT2D eigenvalue weighted by atomic mass is 32.2. The molecule has 1 N–H and O–H groups in total. The maximum Gasteiger partial charge on any atom is 0.150 e. The van der Waals surface area contributed by atoms with E-state index in [9.17, 15) is 8.42 Å². The SMILES string of the molecule is CCNCC(Cc1cscn1)C1CCS(=O)(=O)C1. The number of sulfone groups is 1. The van der Waals surface area contributed by atoms with Gasteiger partial charge in [0.05, 0.1) is 22.7 Å². The summed E-state index contributed by atoms with van der Waals surface area (Å²) in [5, 5.41) is 5.40. The number of rotatable bonds is 6. The Morgan fingerprint density at radius 2 is 2.44 bits per heavy atom. The van der Waals surface area contributed by atoms with E-state index in [2.05, 4.69) is 22.6 Å². The van der Waals surface area contributed by atoms with Gasteiger partial charge in [-0.2, -0.15) is 0 Å². The molecule has 1 aromatic rings. The molecular formula is C12H20N2O2S2. The molecule has 4 nitrogen and oxygen atoms in total. The Morgan fingerprint density at radius 3 is 3.00 bits per heavy atom. The van der Waals surface area contributed by atoms with E-state index >= 15 is 0 Å². The van der Waals surface area contributed by atoms with Gasteiger partial charge in [0.25, 0.3) is 0 Å². The van der Waals surface area contributed by atoms with Crippen LogP contribution in [0.4, 0.5) is 0 Å². The van der Waals surface area contributed by atoms with Crippen LogP contribution in [0, 0.1) is 11.8 Å². The fraction of sp³-hybridized carbons (Fsp3) is 0.750. The van der Waals surface area contributed by atoms with Crippen molar-refractivity contribution in [3.63, 3.8) is 0 Å². The summed E-state index contributed by atoms with van der Waals surface area (Å²) >= 11 is 1.60. The Labute approximate surface area is 113 Å². The highest BCUT2D eigenvalue weighted by Gasteiger charge is 2.33. The van der Waals surface area contributed by atoms with E-state index in [1.807, 2.05) is 5.51 Å². The van der Waals surface area contributed by atoms with Crippen LogP contribution in [-0.4, -0.2) is 38.0 Å². The van der Waals surface area contributed by atoms with Crippen molar-refractivity contribution in [3.8, 4) is 0 Å². The average molecular weight is 288 g/mol. The Bertz CT molecular complexity index is 456. The third kappa shape index (κ3) is 3.76. The molecule has 1 aliphatic rings. The van der Waals surface area contributed by atoms with Crippen molar-refractivity contribution in [2.45, 2.75) is 19.8 Å². The van der Waals surface area contributed by atoms with Gasteiger partial charge in [-0.15, -0.1) is 11.3 Å². The van der Waals surface area contributed by atoms with Crippen LogP contribution in [-0.2, 0) is 16.3 Å². The maximum atomic E-state index is 11.6. The zero-order valence-electron chi connectivity index (χ0n) is 10.6. The van der Waals surface area contributed by atoms with Crippen LogP contribution in [0.3, 0.4) is 0 Å². The van der Waals surface area contributed by atoms with Crippen LogP contribution in [0.25, 0.3) is 0 Å². The van der Waals surface area contributed by atoms with E-state index in [0.717, 1.165) is 31.6 Å². The highest BCUT2D eigenvalue weighted by Crippen LogP contribution is 2.28. The molecule has 102 valence electrons. The molecule has 0 amide bonds. The second-order valence-electron chi connectivity index (χ2n) is 4.91. The monoisotopic (exact) mass is 288 g/mol. The van der Waals surface area contributed by atoms with Crippen molar-refractivity contribution >= 4 is 21.2 Å². The Balaban J connectivity index is 2.01. The molecule has 0 bridgehead atoms. The molecule has 6 heteroatoms. The summed E-state index contributed by atoms with van der Waals surface area (Å²) in [4.78, 5) is 4.31. The van der Waals surface area contributed by atoms with E-state index in [1.165, 1.54) is 0 Å². The van der Waals surface area contributed by atoms with E-state index in [4.69, 9.17) is 0 Å². The van der Waals surface area contributed by atoms with Crippen molar-refractivity contribution in [1.29, 1.82) is 0 Å².